The van der Waals surface area contributed by atoms with E-state index in [0.717, 1.165) is 6.26 Å². The van der Waals surface area contributed by atoms with Crippen molar-refractivity contribution < 1.29 is 26.7 Å². The van der Waals surface area contributed by atoms with Gasteiger partial charge in [-0.15, -0.1) is 12.4 Å². The maximum atomic E-state index is 13.0. The van der Waals surface area contributed by atoms with Crippen molar-refractivity contribution in [2.45, 2.75) is 23.3 Å². The summed E-state index contributed by atoms with van der Waals surface area (Å²) in [4.78, 5) is 11.9. The van der Waals surface area contributed by atoms with Crippen LogP contribution in [0, 0.1) is 0 Å². The Morgan fingerprint density at radius 1 is 1.38 bits per heavy atom. The first-order valence-electron chi connectivity index (χ1n) is 6.99. The van der Waals surface area contributed by atoms with E-state index in [1.165, 1.54) is 24.3 Å². The summed E-state index contributed by atoms with van der Waals surface area (Å²) in [5, 5.41) is 4.98. The average Bonchev–Trinajstić information content (AvgIpc) is 2.83. The van der Waals surface area contributed by atoms with Gasteiger partial charge in [0.1, 0.15) is 12.4 Å². The quantitative estimate of drug-likeness (QED) is 0.715. The molecule has 1 atom stereocenters. The molecule has 1 saturated heterocycles. The van der Waals surface area contributed by atoms with E-state index in [0.29, 0.717) is 5.75 Å². The Balaban J connectivity index is 0.00000288. The van der Waals surface area contributed by atoms with Gasteiger partial charge in [0.05, 0.1) is 24.0 Å². The Labute approximate surface area is 145 Å². The van der Waals surface area contributed by atoms with E-state index in [-0.39, 0.29) is 30.5 Å². The summed E-state index contributed by atoms with van der Waals surface area (Å²) in [5.41, 5.74) is 0. The van der Waals surface area contributed by atoms with Crippen LogP contribution in [0.3, 0.4) is 0 Å². The fraction of sp³-hybridized carbons (Fsp3) is 0.500. The molecule has 2 rings (SSSR count). The van der Waals surface area contributed by atoms with Crippen LogP contribution in [0.2, 0.25) is 0 Å². The van der Waals surface area contributed by atoms with E-state index < -0.39 is 40.7 Å². The summed E-state index contributed by atoms with van der Waals surface area (Å²) in [7, 11) is -3.26. The first-order valence-corrected chi connectivity index (χ1v) is 8.88. The minimum absolute atomic E-state index is 0. The predicted octanol–water partition coefficient (Wildman–Crippen LogP) is 1.00. The summed E-state index contributed by atoms with van der Waals surface area (Å²) in [6.45, 7) is -0.183. The smallest absolute Gasteiger partial charge is 0.262 e. The molecule has 0 saturated carbocycles. The molecule has 2 N–H and O–H groups in total. The fourth-order valence-corrected chi connectivity index (χ4v) is 2.78. The molecule has 0 aromatic heterocycles. The number of carbonyl (C=O) groups is 1. The van der Waals surface area contributed by atoms with Crippen LogP contribution >= 0.6 is 12.4 Å². The molecule has 1 aromatic rings. The number of rotatable bonds is 6. The monoisotopic (exact) mass is 384 g/mol. The van der Waals surface area contributed by atoms with Crippen molar-refractivity contribution in [1.29, 1.82) is 0 Å². The van der Waals surface area contributed by atoms with Crippen molar-refractivity contribution >= 4 is 28.2 Å². The maximum absolute atomic E-state index is 13.0. The molecule has 1 fully saturated rings. The van der Waals surface area contributed by atoms with E-state index in [9.17, 15) is 22.0 Å². The summed E-state index contributed by atoms with van der Waals surface area (Å²) in [6, 6.07) is 4.98. The Morgan fingerprint density at radius 2 is 2.00 bits per heavy atom. The highest BCUT2D eigenvalue weighted by atomic mass is 35.5. The van der Waals surface area contributed by atoms with Gasteiger partial charge in [0.2, 0.25) is 5.91 Å². The van der Waals surface area contributed by atoms with Gasteiger partial charge in [-0.05, 0) is 24.3 Å². The van der Waals surface area contributed by atoms with Gasteiger partial charge < -0.3 is 10.1 Å². The number of benzene rings is 1. The molecule has 10 heteroatoms. The molecule has 0 aliphatic carbocycles. The highest BCUT2D eigenvalue weighted by Crippen LogP contribution is 2.24. The van der Waals surface area contributed by atoms with Gasteiger partial charge in [-0.1, -0.05) is 0 Å². The summed E-state index contributed by atoms with van der Waals surface area (Å²) in [6.07, 6.45) is 0.603. The first-order chi connectivity index (χ1) is 10.7. The van der Waals surface area contributed by atoms with Crippen LogP contribution < -0.4 is 15.4 Å². The zero-order valence-corrected chi connectivity index (χ0v) is 14.6. The number of hydrogen-bond donors (Lipinski definition) is 2. The normalized spacial score (nSPS) is 19.4. The van der Waals surface area contributed by atoms with Crippen molar-refractivity contribution in [2.24, 2.45) is 0 Å². The van der Waals surface area contributed by atoms with E-state index in [1.807, 2.05) is 0 Å². The molecule has 6 nitrogen and oxygen atoms in total. The SMILES string of the molecule is CS(=O)(=O)c1ccc(OCCNC(=O)C2CC(F)(F)CN2)cc1.Cl. The topological polar surface area (TPSA) is 84.5 Å². The third kappa shape index (κ3) is 5.88. The Morgan fingerprint density at radius 3 is 2.50 bits per heavy atom. The number of nitrogens with one attached hydrogen (secondary N) is 2. The first kappa shape index (κ1) is 20.6. The third-order valence-corrected chi connectivity index (χ3v) is 4.48. The van der Waals surface area contributed by atoms with Gasteiger partial charge in [-0.3, -0.25) is 10.1 Å². The molecule has 1 heterocycles. The lowest BCUT2D eigenvalue weighted by molar-refractivity contribution is -0.123. The molecular weight excluding hydrogens is 366 g/mol. The van der Waals surface area contributed by atoms with Gasteiger partial charge in [-0.2, -0.15) is 0 Å². The second-order valence-electron chi connectivity index (χ2n) is 5.38. The Bertz CT molecular complexity index is 668. The van der Waals surface area contributed by atoms with E-state index >= 15 is 0 Å². The lowest BCUT2D eigenvalue weighted by Gasteiger charge is -2.12. The van der Waals surface area contributed by atoms with Crippen molar-refractivity contribution in [3.8, 4) is 5.75 Å². The Kier molecular flexibility index (Phi) is 6.94. The van der Waals surface area contributed by atoms with Crippen LogP contribution in [0.15, 0.2) is 29.2 Å². The minimum Gasteiger partial charge on any atom is -0.492 e. The van der Waals surface area contributed by atoms with E-state index in [2.05, 4.69) is 10.6 Å². The van der Waals surface area contributed by atoms with Crippen LogP contribution in [0.25, 0.3) is 0 Å². The van der Waals surface area contributed by atoms with Gasteiger partial charge in [0.15, 0.2) is 9.84 Å². The molecule has 1 unspecified atom stereocenters. The molecule has 24 heavy (non-hydrogen) atoms. The zero-order chi connectivity index (χ0) is 17.1. The molecule has 136 valence electrons. The summed E-state index contributed by atoms with van der Waals surface area (Å²) >= 11 is 0. The molecular formula is C14H19ClF2N2O4S. The fourth-order valence-electron chi connectivity index (χ4n) is 2.15. The predicted molar refractivity (Wildman–Crippen MR) is 86.7 cm³/mol. The van der Waals surface area contributed by atoms with Crippen molar-refractivity contribution in [2.75, 3.05) is 26.0 Å². The van der Waals surface area contributed by atoms with Crippen molar-refractivity contribution in [1.82, 2.24) is 10.6 Å². The molecule has 1 aromatic carbocycles. The molecule has 1 amide bonds. The lowest BCUT2D eigenvalue weighted by Crippen LogP contribution is -2.41. The van der Waals surface area contributed by atoms with E-state index in [1.54, 1.807) is 0 Å². The van der Waals surface area contributed by atoms with Crippen LogP contribution in [0.1, 0.15) is 6.42 Å². The molecule has 1 aliphatic heterocycles. The Hall–Kier alpha value is -1.45. The number of halogens is 3. The number of carbonyl (C=O) groups excluding carboxylic acids is 1. The van der Waals surface area contributed by atoms with Crippen LogP contribution in [0.5, 0.6) is 5.75 Å². The van der Waals surface area contributed by atoms with Gasteiger partial charge in [-0.25, -0.2) is 17.2 Å². The van der Waals surface area contributed by atoms with Crippen molar-refractivity contribution in [3.63, 3.8) is 0 Å². The second-order valence-corrected chi connectivity index (χ2v) is 7.39. The number of amides is 1. The third-order valence-electron chi connectivity index (χ3n) is 3.35. The largest absolute Gasteiger partial charge is 0.492 e. The molecule has 1 aliphatic rings. The lowest BCUT2D eigenvalue weighted by atomic mass is 10.2. The number of ether oxygens (including phenoxy) is 1. The van der Waals surface area contributed by atoms with Gasteiger partial charge >= 0.3 is 0 Å². The molecule has 0 spiro atoms. The standard InChI is InChI=1S/C14H18F2N2O4S.ClH/c1-23(20,21)11-4-2-10(3-5-11)22-7-6-17-13(19)12-8-14(15,16)9-18-12;/h2-5,12,18H,6-9H2,1H3,(H,17,19);1H. The van der Waals surface area contributed by atoms with E-state index in [4.69, 9.17) is 4.74 Å². The highest BCUT2D eigenvalue weighted by Gasteiger charge is 2.42. The highest BCUT2D eigenvalue weighted by molar-refractivity contribution is 7.90. The summed E-state index contributed by atoms with van der Waals surface area (Å²) < 4.78 is 53.9. The minimum atomic E-state index is -3.26. The van der Waals surface area contributed by atoms with Gasteiger partial charge in [0.25, 0.3) is 5.92 Å². The second kappa shape index (κ2) is 8.09. The molecule has 0 radical (unpaired) electrons. The van der Waals surface area contributed by atoms with Crippen molar-refractivity contribution in [3.05, 3.63) is 24.3 Å². The summed E-state index contributed by atoms with van der Waals surface area (Å²) in [5.74, 6) is -2.88. The zero-order valence-electron chi connectivity index (χ0n) is 12.9. The van der Waals surface area contributed by atoms with Crippen LogP contribution in [-0.4, -0.2) is 52.2 Å². The number of sulfone groups is 1. The maximum Gasteiger partial charge on any atom is 0.262 e. The molecule has 0 bridgehead atoms. The van der Waals surface area contributed by atoms with Crippen LogP contribution in [0.4, 0.5) is 8.78 Å². The van der Waals surface area contributed by atoms with Crippen LogP contribution in [-0.2, 0) is 14.6 Å². The number of hydrogen-bond acceptors (Lipinski definition) is 5. The average molecular weight is 385 g/mol. The number of alkyl halides is 2. The van der Waals surface area contributed by atoms with Gasteiger partial charge in [0, 0.05) is 12.7 Å².